The zero-order chi connectivity index (χ0) is 21.3. The number of nitrogens with zero attached hydrogens (tertiary/aromatic N) is 2. The third-order valence-electron chi connectivity index (χ3n) is 5.30. The number of hydrogen-bond acceptors (Lipinski definition) is 6. The summed E-state index contributed by atoms with van der Waals surface area (Å²) in [5.74, 6) is 1.83. The van der Waals surface area contributed by atoms with E-state index in [0.29, 0.717) is 13.2 Å². The van der Waals surface area contributed by atoms with E-state index < -0.39 is 0 Å². The number of rotatable bonds is 10. The monoisotopic (exact) mass is 438 g/mol. The number of morpholine rings is 1. The van der Waals surface area contributed by atoms with Gasteiger partial charge >= 0.3 is 0 Å². The number of ether oxygens (including phenoxy) is 3. The van der Waals surface area contributed by atoms with Gasteiger partial charge in [-0.05, 0) is 49.7 Å². The van der Waals surface area contributed by atoms with E-state index >= 15 is 0 Å². The largest absolute Gasteiger partial charge is 0.494 e. The number of benzene rings is 2. The number of thiazole rings is 1. The van der Waals surface area contributed by atoms with E-state index in [-0.39, 0.29) is 0 Å². The van der Waals surface area contributed by atoms with Gasteiger partial charge in [-0.1, -0.05) is 18.2 Å². The Hall–Kier alpha value is -2.41. The smallest absolute Gasteiger partial charge is 0.119 e. The van der Waals surface area contributed by atoms with E-state index in [9.17, 15) is 0 Å². The highest BCUT2D eigenvalue weighted by Gasteiger charge is 2.11. The summed E-state index contributed by atoms with van der Waals surface area (Å²) >= 11 is 1.78. The van der Waals surface area contributed by atoms with Crippen molar-refractivity contribution in [3.8, 4) is 22.8 Å². The minimum atomic E-state index is 0.699. The minimum Gasteiger partial charge on any atom is -0.494 e. The van der Waals surface area contributed by atoms with E-state index in [1.165, 1.54) is 4.88 Å². The van der Waals surface area contributed by atoms with Gasteiger partial charge in [-0.25, -0.2) is 4.98 Å². The molecule has 0 unspecified atom stereocenters. The Morgan fingerprint density at radius 2 is 1.65 bits per heavy atom. The lowest BCUT2D eigenvalue weighted by atomic mass is 10.1. The first-order valence-corrected chi connectivity index (χ1v) is 11.8. The van der Waals surface area contributed by atoms with E-state index in [4.69, 9.17) is 19.2 Å². The van der Waals surface area contributed by atoms with Crippen LogP contribution in [0, 0.1) is 6.92 Å². The Balaban J connectivity index is 1.24. The minimum absolute atomic E-state index is 0.699. The molecule has 1 fully saturated rings. The van der Waals surface area contributed by atoms with Crippen LogP contribution in [0.4, 0.5) is 0 Å². The molecule has 2 aromatic carbocycles. The summed E-state index contributed by atoms with van der Waals surface area (Å²) in [4.78, 5) is 8.51. The van der Waals surface area contributed by atoms with Crippen molar-refractivity contribution in [1.29, 1.82) is 0 Å². The lowest BCUT2D eigenvalue weighted by Crippen LogP contribution is -2.38. The second-order valence-corrected chi connectivity index (χ2v) is 8.89. The quantitative estimate of drug-likeness (QED) is 0.424. The Labute approximate surface area is 188 Å². The van der Waals surface area contributed by atoms with Crippen LogP contribution in [0.15, 0.2) is 54.6 Å². The van der Waals surface area contributed by atoms with Gasteiger partial charge in [0.1, 0.15) is 18.1 Å². The van der Waals surface area contributed by atoms with Crippen molar-refractivity contribution < 1.29 is 14.2 Å². The molecule has 31 heavy (non-hydrogen) atoms. The van der Waals surface area contributed by atoms with Crippen molar-refractivity contribution in [1.82, 2.24) is 9.88 Å². The molecule has 1 saturated heterocycles. The van der Waals surface area contributed by atoms with E-state index in [2.05, 4.69) is 24.0 Å². The molecular formula is C25H30N2O3S. The first kappa shape index (κ1) is 21.8. The van der Waals surface area contributed by atoms with Gasteiger partial charge in [0.05, 0.1) is 30.5 Å². The number of para-hydroxylation sites is 1. The van der Waals surface area contributed by atoms with E-state index in [1.54, 1.807) is 11.3 Å². The number of aryl methyl sites for hydroxylation is 2. The second-order valence-electron chi connectivity index (χ2n) is 7.60. The maximum Gasteiger partial charge on any atom is 0.119 e. The third-order valence-corrected chi connectivity index (χ3v) is 6.33. The molecule has 0 saturated carbocycles. The molecule has 0 aliphatic carbocycles. The lowest BCUT2D eigenvalue weighted by molar-refractivity contribution is 0.0322. The van der Waals surface area contributed by atoms with Crippen molar-refractivity contribution in [2.75, 3.05) is 46.1 Å². The summed E-state index contributed by atoms with van der Waals surface area (Å²) in [7, 11) is 0. The first-order valence-electron chi connectivity index (χ1n) is 11.0. The Morgan fingerprint density at radius 3 is 2.42 bits per heavy atom. The molecule has 4 rings (SSSR count). The first-order chi connectivity index (χ1) is 15.3. The maximum atomic E-state index is 5.92. The highest BCUT2D eigenvalue weighted by Crippen LogP contribution is 2.29. The average molecular weight is 439 g/mol. The van der Waals surface area contributed by atoms with Crippen molar-refractivity contribution in [3.05, 3.63) is 64.5 Å². The Kier molecular flexibility index (Phi) is 7.93. The molecule has 1 aromatic heterocycles. The fourth-order valence-electron chi connectivity index (χ4n) is 3.58. The molecule has 0 N–H and O–H groups in total. The molecule has 0 amide bonds. The lowest BCUT2D eigenvalue weighted by Gasteiger charge is -2.26. The molecule has 5 nitrogen and oxygen atoms in total. The normalized spacial score (nSPS) is 14.5. The van der Waals surface area contributed by atoms with Crippen LogP contribution in [0.1, 0.15) is 16.3 Å². The SMILES string of the molecule is Cc1sc(CCCOc2ccccc2)nc1-c1ccc(OCCN2CCOCC2)cc1. The summed E-state index contributed by atoms with van der Waals surface area (Å²) in [5, 5.41) is 1.16. The number of hydrogen-bond donors (Lipinski definition) is 0. The standard InChI is InChI=1S/C25H30N2O3S/c1-20-25(26-24(31-20)8-5-16-29-22-6-3-2-4-7-22)21-9-11-23(12-10-21)30-19-15-27-13-17-28-18-14-27/h2-4,6-7,9-12H,5,8,13-19H2,1H3. The van der Waals surface area contributed by atoms with Gasteiger partial charge in [-0.15, -0.1) is 11.3 Å². The van der Waals surface area contributed by atoms with Crippen LogP contribution in [-0.4, -0.2) is 55.9 Å². The summed E-state index contributed by atoms with van der Waals surface area (Å²) in [6.45, 7) is 8.11. The Morgan fingerprint density at radius 1 is 0.935 bits per heavy atom. The summed E-state index contributed by atoms with van der Waals surface area (Å²) in [5.41, 5.74) is 2.21. The van der Waals surface area contributed by atoms with Crippen LogP contribution < -0.4 is 9.47 Å². The fourth-order valence-corrected chi connectivity index (χ4v) is 4.58. The van der Waals surface area contributed by atoms with Crippen molar-refractivity contribution in [2.24, 2.45) is 0 Å². The van der Waals surface area contributed by atoms with Gasteiger partial charge in [-0.2, -0.15) is 0 Å². The van der Waals surface area contributed by atoms with Crippen molar-refractivity contribution in [3.63, 3.8) is 0 Å². The van der Waals surface area contributed by atoms with Gasteiger partial charge in [0.15, 0.2) is 0 Å². The van der Waals surface area contributed by atoms with Gasteiger partial charge in [0.25, 0.3) is 0 Å². The zero-order valence-corrected chi connectivity index (χ0v) is 18.9. The maximum absolute atomic E-state index is 5.92. The van der Waals surface area contributed by atoms with E-state index in [0.717, 1.165) is 73.5 Å². The molecular weight excluding hydrogens is 408 g/mol. The van der Waals surface area contributed by atoms with Gasteiger partial charge in [0, 0.05) is 36.5 Å². The highest BCUT2D eigenvalue weighted by molar-refractivity contribution is 7.12. The zero-order valence-electron chi connectivity index (χ0n) is 18.1. The summed E-state index contributed by atoms with van der Waals surface area (Å²) < 4.78 is 17.1. The van der Waals surface area contributed by atoms with Crippen LogP contribution in [-0.2, 0) is 11.2 Å². The van der Waals surface area contributed by atoms with Crippen molar-refractivity contribution in [2.45, 2.75) is 19.8 Å². The molecule has 0 bridgehead atoms. The van der Waals surface area contributed by atoms with Crippen LogP contribution in [0.25, 0.3) is 11.3 Å². The molecule has 164 valence electrons. The molecule has 1 aliphatic rings. The predicted molar refractivity (Wildman–Crippen MR) is 125 cm³/mol. The number of aromatic nitrogens is 1. The van der Waals surface area contributed by atoms with E-state index in [1.807, 2.05) is 42.5 Å². The molecule has 3 aromatic rings. The molecule has 2 heterocycles. The third kappa shape index (κ3) is 6.53. The highest BCUT2D eigenvalue weighted by atomic mass is 32.1. The average Bonchev–Trinajstić information content (AvgIpc) is 3.19. The van der Waals surface area contributed by atoms with Gasteiger partial charge in [0.2, 0.25) is 0 Å². The molecule has 0 spiro atoms. The van der Waals surface area contributed by atoms with Crippen LogP contribution >= 0.6 is 11.3 Å². The molecule has 1 aliphatic heterocycles. The predicted octanol–water partition coefficient (Wildman–Crippen LogP) is 4.84. The van der Waals surface area contributed by atoms with Gasteiger partial charge < -0.3 is 14.2 Å². The topological polar surface area (TPSA) is 43.8 Å². The van der Waals surface area contributed by atoms with Crippen LogP contribution in [0.5, 0.6) is 11.5 Å². The Bertz CT molecular complexity index is 922. The molecule has 0 atom stereocenters. The molecule has 0 radical (unpaired) electrons. The fraction of sp³-hybridized carbons (Fsp3) is 0.400. The second kappa shape index (κ2) is 11.3. The van der Waals surface area contributed by atoms with Crippen LogP contribution in [0.3, 0.4) is 0 Å². The molecule has 6 heteroatoms. The van der Waals surface area contributed by atoms with Gasteiger partial charge in [-0.3, -0.25) is 4.90 Å². The van der Waals surface area contributed by atoms with Crippen molar-refractivity contribution >= 4 is 11.3 Å². The van der Waals surface area contributed by atoms with Crippen LogP contribution in [0.2, 0.25) is 0 Å². The summed E-state index contributed by atoms with van der Waals surface area (Å²) in [6, 6.07) is 18.3. The summed E-state index contributed by atoms with van der Waals surface area (Å²) in [6.07, 6.45) is 1.89.